The van der Waals surface area contributed by atoms with Crippen LogP contribution >= 0.6 is 0 Å². The molecule has 0 unspecified atom stereocenters. The summed E-state index contributed by atoms with van der Waals surface area (Å²) < 4.78 is 0. The first-order valence-electron chi connectivity index (χ1n) is 7.50. The van der Waals surface area contributed by atoms with Gasteiger partial charge in [-0.25, -0.2) is 4.98 Å². The van der Waals surface area contributed by atoms with Gasteiger partial charge in [-0.05, 0) is 49.4 Å². The van der Waals surface area contributed by atoms with Gasteiger partial charge in [0.25, 0.3) is 0 Å². The second-order valence-corrected chi connectivity index (χ2v) is 6.08. The molecule has 0 amide bonds. The Balaban J connectivity index is 2.21. The molecule has 3 nitrogen and oxygen atoms in total. The number of pyridine rings is 1. The maximum absolute atomic E-state index is 4.51. The molecule has 1 aromatic rings. The van der Waals surface area contributed by atoms with Gasteiger partial charge in [-0.15, -0.1) is 0 Å². The minimum atomic E-state index is 0.564. The highest BCUT2D eigenvalue weighted by Gasteiger charge is 2.25. The molecule has 1 atom stereocenters. The summed E-state index contributed by atoms with van der Waals surface area (Å²) in [5.41, 5.74) is 2.78. The normalized spacial score (nSPS) is 20.8. The Morgan fingerprint density at radius 2 is 2.21 bits per heavy atom. The molecule has 1 aromatic heterocycles. The lowest BCUT2D eigenvalue weighted by molar-refractivity contribution is 0.131. The number of piperidine rings is 1. The molecule has 1 aliphatic heterocycles. The van der Waals surface area contributed by atoms with E-state index in [0.29, 0.717) is 6.04 Å². The van der Waals surface area contributed by atoms with Gasteiger partial charge in [0, 0.05) is 25.8 Å². The molecule has 2 heterocycles. The van der Waals surface area contributed by atoms with Gasteiger partial charge >= 0.3 is 0 Å². The topological polar surface area (TPSA) is 28.2 Å². The Kier molecular flexibility index (Phi) is 4.81. The molecule has 0 aliphatic carbocycles. The summed E-state index contributed by atoms with van der Waals surface area (Å²) in [6.07, 6.45) is 6.02. The van der Waals surface area contributed by atoms with Crippen LogP contribution in [0.3, 0.4) is 0 Å². The summed E-state index contributed by atoms with van der Waals surface area (Å²) >= 11 is 0. The van der Waals surface area contributed by atoms with Crippen molar-refractivity contribution in [3.05, 3.63) is 23.4 Å². The number of hydrogen-bond donors (Lipinski definition) is 1. The molecule has 0 saturated carbocycles. The largest absolute Gasteiger partial charge is 0.373 e. The molecule has 0 bridgehead atoms. The quantitative estimate of drug-likeness (QED) is 0.897. The summed E-state index contributed by atoms with van der Waals surface area (Å²) in [4.78, 5) is 7.16. The maximum atomic E-state index is 4.51. The van der Waals surface area contributed by atoms with Crippen LogP contribution in [0.15, 0.2) is 12.3 Å². The molecule has 1 saturated heterocycles. The van der Waals surface area contributed by atoms with Crippen molar-refractivity contribution in [2.24, 2.45) is 5.92 Å². The minimum absolute atomic E-state index is 0.564. The Morgan fingerprint density at radius 3 is 2.84 bits per heavy atom. The third kappa shape index (κ3) is 3.47. The maximum Gasteiger partial charge on any atom is 0.125 e. The van der Waals surface area contributed by atoms with Gasteiger partial charge in [0.2, 0.25) is 0 Å². The molecule has 19 heavy (non-hydrogen) atoms. The summed E-state index contributed by atoms with van der Waals surface area (Å²) in [7, 11) is 1.92. The number of rotatable bonds is 4. The van der Waals surface area contributed by atoms with E-state index in [4.69, 9.17) is 0 Å². The predicted octanol–water partition coefficient (Wildman–Crippen LogP) is 3.61. The minimum Gasteiger partial charge on any atom is -0.373 e. The standard InChI is InChI=1S/C16H27N3/c1-12(2)11-19-8-6-5-7-15(19)14-10-18-16(17-4)9-13(14)3/h9-10,12,15H,5-8,11H2,1-4H3,(H,17,18)/t15-/m1/s1. The zero-order chi connectivity index (χ0) is 13.8. The number of aromatic nitrogens is 1. The molecule has 1 fully saturated rings. The average Bonchev–Trinajstić information content (AvgIpc) is 2.39. The number of hydrogen-bond acceptors (Lipinski definition) is 3. The molecule has 2 rings (SSSR count). The fourth-order valence-electron chi connectivity index (χ4n) is 3.08. The van der Waals surface area contributed by atoms with Crippen molar-refractivity contribution in [1.29, 1.82) is 0 Å². The van der Waals surface area contributed by atoms with Crippen molar-refractivity contribution < 1.29 is 0 Å². The number of likely N-dealkylation sites (tertiary alicyclic amines) is 1. The highest BCUT2D eigenvalue weighted by atomic mass is 15.2. The van der Waals surface area contributed by atoms with E-state index in [1.54, 1.807) is 0 Å². The van der Waals surface area contributed by atoms with Crippen molar-refractivity contribution in [3.63, 3.8) is 0 Å². The van der Waals surface area contributed by atoms with Crippen molar-refractivity contribution >= 4 is 5.82 Å². The van der Waals surface area contributed by atoms with E-state index in [9.17, 15) is 0 Å². The molecule has 1 aliphatic rings. The summed E-state index contributed by atoms with van der Waals surface area (Å²) in [6.45, 7) is 9.25. The van der Waals surface area contributed by atoms with Gasteiger partial charge in [0.15, 0.2) is 0 Å². The third-order valence-corrected chi connectivity index (χ3v) is 3.98. The summed E-state index contributed by atoms with van der Waals surface area (Å²) in [5.74, 6) is 1.69. The first-order chi connectivity index (χ1) is 9.11. The van der Waals surface area contributed by atoms with E-state index in [-0.39, 0.29) is 0 Å². The van der Waals surface area contributed by atoms with Crippen LogP contribution in [0.25, 0.3) is 0 Å². The molecule has 0 spiro atoms. The highest BCUT2D eigenvalue weighted by molar-refractivity contribution is 5.41. The fraction of sp³-hybridized carbons (Fsp3) is 0.688. The van der Waals surface area contributed by atoms with E-state index >= 15 is 0 Å². The molecule has 0 aromatic carbocycles. The van der Waals surface area contributed by atoms with E-state index in [1.807, 2.05) is 7.05 Å². The SMILES string of the molecule is CNc1cc(C)c([C@H]2CCCCN2CC(C)C)cn1. The smallest absolute Gasteiger partial charge is 0.125 e. The predicted molar refractivity (Wildman–Crippen MR) is 81.5 cm³/mol. The van der Waals surface area contributed by atoms with Gasteiger partial charge in [-0.2, -0.15) is 0 Å². The number of nitrogens with one attached hydrogen (secondary N) is 1. The molecule has 0 radical (unpaired) electrons. The zero-order valence-corrected chi connectivity index (χ0v) is 12.7. The van der Waals surface area contributed by atoms with Crippen LogP contribution in [0.4, 0.5) is 5.82 Å². The number of nitrogens with zero attached hydrogens (tertiary/aromatic N) is 2. The lowest BCUT2D eigenvalue weighted by Gasteiger charge is -2.37. The van der Waals surface area contributed by atoms with Crippen LogP contribution in [-0.4, -0.2) is 30.0 Å². The lowest BCUT2D eigenvalue weighted by atomic mass is 9.93. The summed E-state index contributed by atoms with van der Waals surface area (Å²) in [5, 5.41) is 3.12. The second kappa shape index (κ2) is 6.38. The average molecular weight is 261 g/mol. The molecule has 106 valence electrons. The molecule has 1 N–H and O–H groups in total. The van der Waals surface area contributed by atoms with Crippen LogP contribution in [0.5, 0.6) is 0 Å². The number of anilines is 1. The molecule has 3 heteroatoms. The van der Waals surface area contributed by atoms with E-state index < -0.39 is 0 Å². The monoisotopic (exact) mass is 261 g/mol. The van der Waals surface area contributed by atoms with Crippen molar-refractivity contribution in [3.8, 4) is 0 Å². The van der Waals surface area contributed by atoms with Crippen LogP contribution in [0, 0.1) is 12.8 Å². The van der Waals surface area contributed by atoms with E-state index in [0.717, 1.165) is 11.7 Å². The molecular formula is C16H27N3. The third-order valence-electron chi connectivity index (χ3n) is 3.98. The zero-order valence-electron chi connectivity index (χ0n) is 12.7. The van der Waals surface area contributed by atoms with Gasteiger partial charge in [0.05, 0.1) is 0 Å². The Labute approximate surface area is 117 Å². The van der Waals surface area contributed by atoms with Gasteiger partial charge in [0.1, 0.15) is 5.82 Å². The van der Waals surface area contributed by atoms with Gasteiger partial charge in [-0.3, -0.25) is 4.90 Å². The summed E-state index contributed by atoms with van der Waals surface area (Å²) in [6, 6.07) is 2.73. The van der Waals surface area contributed by atoms with Crippen LogP contribution < -0.4 is 5.32 Å². The fourth-order valence-corrected chi connectivity index (χ4v) is 3.08. The van der Waals surface area contributed by atoms with Crippen LogP contribution in [0.1, 0.15) is 50.3 Å². The Morgan fingerprint density at radius 1 is 1.42 bits per heavy atom. The van der Waals surface area contributed by atoms with Crippen molar-refractivity contribution in [2.75, 3.05) is 25.5 Å². The lowest BCUT2D eigenvalue weighted by Crippen LogP contribution is -2.36. The van der Waals surface area contributed by atoms with Crippen molar-refractivity contribution in [2.45, 2.75) is 46.1 Å². The highest BCUT2D eigenvalue weighted by Crippen LogP contribution is 2.33. The first kappa shape index (κ1) is 14.3. The van der Waals surface area contributed by atoms with Crippen LogP contribution in [0.2, 0.25) is 0 Å². The van der Waals surface area contributed by atoms with Crippen LogP contribution in [-0.2, 0) is 0 Å². The number of aryl methyl sites for hydroxylation is 1. The van der Waals surface area contributed by atoms with Crippen molar-refractivity contribution in [1.82, 2.24) is 9.88 Å². The van der Waals surface area contributed by atoms with Gasteiger partial charge < -0.3 is 5.32 Å². The Hall–Kier alpha value is -1.09. The van der Waals surface area contributed by atoms with E-state index in [2.05, 4.69) is 48.2 Å². The van der Waals surface area contributed by atoms with Gasteiger partial charge in [-0.1, -0.05) is 20.3 Å². The molecular weight excluding hydrogens is 234 g/mol. The van der Waals surface area contributed by atoms with E-state index in [1.165, 1.54) is 43.5 Å². The first-order valence-corrected chi connectivity index (χ1v) is 7.50. The second-order valence-electron chi connectivity index (χ2n) is 6.08. The Bertz CT molecular complexity index is 414.